The molecule has 0 fully saturated rings. The predicted molar refractivity (Wildman–Crippen MR) is 101 cm³/mol. The van der Waals surface area contributed by atoms with E-state index in [9.17, 15) is 13.2 Å². The average molecular weight is 380 g/mol. The van der Waals surface area contributed by atoms with Gasteiger partial charge in [-0.3, -0.25) is 4.72 Å². The minimum absolute atomic E-state index is 0.0779. The van der Waals surface area contributed by atoms with Crippen molar-refractivity contribution in [1.29, 1.82) is 0 Å². The van der Waals surface area contributed by atoms with E-state index in [0.717, 1.165) is 5.56 Å². The Hall–Kier alpha value is -2.51. The summed E-state index contributed by atoms with van der Waals surface area (Å²) in [4.78, 5) is 11.6. The van der Waals surface area contributed by atoms with Crippen molar-refractivity contribution in [2.24, 2.45) is 0 Å². The fourth-order valence-electron chi connectivity index (χ4n) is 1.92. The average Bonchev–Trinajstić information content (AvgIpc) is 2.57. The molecule has 0 saturated carbocycles. The molecule has 0 saturated heterocycles. The van der Waals surface area contributed by atoms with Gasteiger partial charge in [-0.1, -0.05) is 23.7 Å². The second-order valence-corrected chi connectivity index (χ2v) is 7.31. The second-order valence-electron chi connectivity index (χ2n) is 5.22. The molecule has 6 nitrogen and oxygen atoms in total. The molecule has 0 aliphatic rings. The monoisotopic (exact) mass is 379 g/mol. The molecule has 0 radical (unpaired) electrons. The Kier molecular flexibility index (Phi) is 6.06. The van der Waals surface area contributed by atoms with E-state index in [1.165, 1.54) is 12.1 Å². The Balaban J connectivity index is 2.08. The minimum atomic E-state index is -3.75. The quantitative estimate of drug-likeness (QED) is 0.668. The van der Waals surface area contributed by atoms with Crippen LogP contribution in [0.5, 0.6) is 0 Å². The van der Waals surface area contributed by atoms with Gasteiger partial charge >= 0.3 is 6.03 Å². The van der Waals surface area contributed by atoms with E-state index in [1.54, 1.807) is 43.3 Å². The van der Waals surface area contributed by atoms with Gasteiger partial charge < -0.3 is 10.6 Å². The smallest absolute Gasteiger partial charge is 0.319 e. The minimum Gasteiger partial charge on any atom is -0.334 e. The van der Waals surface area contributed by atoms with E-state index in [0.29, 0.717) is 22.9 Å². The van der Waals surface area contributed by atoms with Crippen LogP contribution >= 0.6 is 11.6 Å². The number of carbonyl (C=O) groups is 1. The van der Waals surface area contributed by atoms with Gasteiger partial charge in [-0.05, 0) is 48.9 Å². The van der Waals surface area contributed by atoms with E-state index in [2.05, 4.69) is 21.9 Å². The fourth-order valence-corrected chi connectivity index (χ4v) is 3.25. The van der Waals surface area contributed by atoms with Crippen LogP contribution in [0.25, 0.3) is 0 Å². The summed E-state index contributed by atoms with van der Waals surface area (Å²) in [5.41, 5.74) is 1.70. The SMILES string of the molecule is C=CCNC(=O)Nc1ccc(NS(=O)(=O)c2ccc(C)c(Cl)c2)cc1. The summed E-state index contributed by atoms with van der Waals surface area (Å²) in [5.74, 6) is 0. The number of benzene rings is 2. The van der Waals surface area contributed by atoms with Crippen molar-refractivity contribution in [3.63, 3.8) is 0 Å². The predicted octanol–water partition coefficient (Wildman–Crippen LogP) is 3.76. The van der Waals surface area contributed by atoms with E-state index in [1.807, 2.05) is 0 Å². The molecule has 0 heterocycles. The van der Waals surface area contributed by atoms with Gasteiger partial charge in [0, 0.05) is 22.9 Å². The van der Waals surface area contributed by atoms with Gasteiger partial charge in [0.1, 0.15) is 0 Å². The van der Waals surface area contributed by atoms with Crippen LogP contribution in [0.2, 0.25) is 5.02 Å². The summed E-state index contributed by atoms with van der Waals surface area (Å²) in [5, 5.41) is 5.57. The van der Waals surface area contributed by atoms with Crippen molar-refractivity contribution in [2.45, 2.75) is 11.8 Å². The van der Waals surface area contributed by atoms with Gasteiger partial charge in [0.25, 0.3) is 10.0 Å². The van der Waals surface area contributed by atoms with Gasteiger partial charge in [0.2, 0.25) is 0 Å². The highest BCUT2D eigenvalue weighted by molar-refractivity contribution is 7.92. The van der Waals surface area contributed by atoms with Crippen LogP contribution in [-0.2, 0) is 10.0 Å². The second kappa shape index (κ2) is 8.04. The van der Waals surface area contributed by atoms with E-state index in [4.69, 9.17) is 11.6 Å². The van der Waals surface area contributed by atoms with Crippen molar-refractivity contribution < 1.29 is 13.2 Å². The lowest BCUT2D eigenvalue weighted by Gasteiger charge is -2.10. The third-order valence-corrected chi connectivity index (χ3v) is 5.04. The molecule has 132 valence electrons. The Morgan fingerprint density at radius 2 is 1.80 bits per heavy atom. The third kappa shape index (κ3) is 5.23. The Morgan fingerprint density at radius 1 is 1.16 bits per heavy atom. The standard InChI is InChI=1S/C17H18ClN3O3S/c1-3-10-19-17(22)20-13-5-7-14(8-6-13)21-25(23,24)15-9-4-12(2)16(18)11-15/h3-9,11,21H,1,10H2,2H3,(H2,19,20,22). The number of hydrogen-bond donors (Lipinski definition) is 3. The van der Waals surface area contributed by atoms with E-state index in [-0.39, 0.29) is 10.9 Å². The van der Waals surface area contributed by atoms with Crippen LogP contribution in [0.4, 0.5) is 16.2 Å². The van der Waals surface area contributed by atoms with Crippen LogP contribution in [-0.4, -0.2) is 21.0 Å². The molecule has 0 atom stereocenters. The van der Waals surface area contributed by atoms with E-state index >= 15 is 0 Å². The highest BCUT2D eigenvalue weighted by Crippen LogP contribution is 2.23. The van der Waals surface area contributed by atoms with Crippen molar-refractivity contribution in [1.82, 2.24) is 5.32 Å². The molecule has 2 aromatic rings. The van der Waals surface area contributed by atoms with Gasteiger partial charge in [0.15, 0.2) is 0 Å². The maximum absolute atomic E-state index is 12.4. The number of aryl methyl sites for hydroxylation is 1. The summed E-state index contributed by atoms with van der Waals surface area (Å²) < 4.78 is 27.2. The number of nitrogens with one attached hydrogen (secondary N) is 3. The summed E-state index contributed by atoms with van der Waals surface area (Å²) in [6, 6.07) is 10.4. The van der Waals surface area contributed by atoms with Crippen LogP contribution in [0, 0.1) is 6.92 Å². The normalized spacial score (nSPS) is 10.8. The molecule has 25 heavy (non-hydrogen) atoms. The third-order valence-electron chi connectivity index (χ3n) is 3.26. The molecule has 8 heteroatoms. The lowest BCUT2D eigenvalue weighted by atomic mass is 10.2. The zero-order valence-electron chi connectivity index (χ0n) is 13.5. The van der Waals surface area contributed by atoms with Crippen molar-refractivity contribution >= 4 is 39.0 Å². The van der Waals surface area contributed by atoms with Crippen molar-refractivity contribution in [3.05, 3.63) is 65.7 Å². The van der Waals surface area contributed by atoms with Gasteiger partial charge in [-0.2, -0.15) is 0 Å². The number of sulfonamides is 1. The number of hydrogen-bond acceptors (Lipinski definition) is 3. The first kappa shape index (κ1) is 18.8. The summed E-state index contributed by atoms with van der Waals surface area (Å²) in [6.45, 7) is 5.65. The fraction of sp³-hybridized carbons (Fsp3) is 0.118. The molecule has 0 aliphatic carbocycles. The van der Waals surface area contributed by atoms with Crippen molar-refractivity contribution in [2.75, 3.05) is 16.6 Å². The molecule has 2 rings (SSSR count). The molecular formula is C17H18ClN3O3S. The lowest BCUT2D eigenvalue weighted by molar-refractivity contribution is 0.253. The first-order chi connectivity index (χ1) is 11.8. The van der Waals surface area contributed by atoms with Crippen LogP contribution < -0.4 is 15.4 Å². The van der Waals surface area contributed by atoms with Gasteiger partial charge in [-0.25, -0.2) is 13.2 Å². The summed E-state index contributed by atoms with van der Waals surface area (Å²) >= 11 is 5.98. The molecule has 0 bridgehead atoms. The first-order valence-electron chi connectivity index (χ1n) is 7.36. The van der Waals surface area contributed by atoms with Crippen molar-refractivity contribution in [3.8, 4) is 0 Å². The molecule has 2 aromatic carbocycles. The molecule has 0 aliphatic heterocycles. The topological polar surface area (TPSA) is 87.3 Å². The molecular weight excluding hydrogens is 362 g/mol. The number of anilines is 2. The van der Waals surface area contributed by atoms with Crippen LogP contribution in [0.1, 0.15) is 5.56 Å². The maximum Gasteiger partial charge on any atom is 0.319 e. The molecule has 2 amide bonds. The zero-order valence-corrected chi connectivity index (χ0v) is 15.1. The molecule has 3 N–H and O–H groups in total. The number of amides is 2. The molecule has 0 aromatic heterocycles. The molecule has 0 unspecified atom stereocenters. The number of urea groups is 1. The Morgan fingerprint density at radius 3 is 2.40 bits per heavy atom. The largest absolute Gasteiger partial charge is 0.334 e. The van der Waals surface area contributed by atoms with Crippen LogP contribution in [0.15, 0.2) is 60.0 Å². The molecule has 0 spiro atoms. The summed E-state index contributed by atoms with van der Waals surface area (Å²) in [7, 11) is -3.75. The highest BCUT2D eigenvalue weighted by atomic mass is 35.5. The Labute approximate surface area is 151 Å². The number of halogens is 1. The number of carbonyl (C=O) groups excluding carboxylic acids is 1. The zero-order chi connectivity index (χ0) is 18.4. The van der Waals surface area contributed by atoms with E-state index < -0.39 is 10.0 Å². The number of rotatable bonds is 6. The maximum atomic E-state index is 12.4. The van der Waals surface area contributed by atoms with Crippen LogP contribution in [0.3, 0.4) is 0 Å². The Bertz CT molecular complexity index is 881. The van der Waals surface area contributed by atoms with Gasteiger partial charge in [0.05, 0.1) is 4.90 Å². The first-order valence-corrected chi connectivity index (χ1v) is 9.23. The highest BCUT2D eigenvalue weighted by Gasteiger charge is 2.15. The van der Waals surface area contributed by atoms with Gasteiger partial charge in [-0.15, -0.1) is 6.58 Å². The summed E-state index contributed by atoms with van der Waals surface area (Å²) in [6.07, 6.45) is 1.56. The lowest BCUT2D eigenvalue weighted by Crippen LogP contribution is -2.28.